The smallest absolute Gasteiger partial charge is 0.207 e. The van der Waals surface area contributed by atoms with Crippen LogP contribution >= 0.6 is 0 Å². The Morgan fingerprint density at radius 3 is 2.45 bits per heavy atom. The standard InChI is InChI=1S/C18H19N3O/c1-2-6-15(7-3-1)14-21-17-9-5-4-8-16(17)19-18(21)20-10-12-22-13-11-20/h1-9H,10-14H2. The summed E-state index contributed by atoms with van der Waals surface area (Å²) in [7, 11) is 0. The SMILES string of the molecule is c1ccc(Cn2c(N3CCOCC3)nc3ccccc32)cc1. The number of nitrogens with zero attached hydrogens (tertiary/aromatic N) is 3. The van der Waals surface area contributed by atoms with Gasteiger partial charge in [0.15, 0.2) is 0 Å². The zero-order chi connectivity index (χ0) is 14.8. The molecule has 0 amide bonds. The van der Waals surface area contributed by atoms with Crippen molar-refractivity contribution in [2.24, 2.45) is 0 Å². The minimum absolute atomic E-state index is 0.772. The molecular formula is C18H19N3O. The van der Waals surface area contributed by atoms with E-state index in [4.69, 9.17) is 9.72 Å². The molecule has 0 N–H and O–H groups in total. The Hall–Kier alpha value is -2.33. The van der Waals surface area contributed by atoms with Crippen LogP contribution < -0.4 is 4.90 Å². The van der Waals surface area contributed by atoms with Gasteiger partial charge in [-0.1, -0.05) is 42.5 Å². The van der Waals surface area contributed by atoms with E-state index in [1.54, 1.807) is 0 Å². The van der Waals surface area contributed by atoms with Crippen LogP contribution in [-0.4, -0.2) is 35.9 Å². The van der Waals surface area contributed by atoms with E-state index in [1.807, 2.05) is 6.07 Å². The van der Waals surface area contributed by atoms with E-state index in [1.165, 1.54) is 11.1 Å². The minimum atomic E-state index is 0.772. The molecule has 1 aliphatic heterocycles. The van der Waals surface area contributed by atoms with E-state index >= 15 is 0 Å². The molecule has 3 aromatic rings. The maximum Gasteiger partial charge on any atom is 0.207 e. The van der Waals surface area contributed by atoms with E-state index in [0.29, 0.717) is 0 Å². The molecule has 0 saturated carbocycles. The van der Waals surface area contributed by atoms with Crippen LogP contribution in [0.4, 0.5) is 5.95 Å². The summed E-state index contributed by atoms with van der Waals surface area (Å²) in [6, 6.07) is 18.9. The van der Waals surface area contributed by atoms with Crippen molar-refractivity contribution in [1.82, 2.24) is 9.55 Å². The Balaban J connectivity index is 1.79. The van der Waals surface area contributed by atoms with Crippen LogP contribution in [0.15, 0.2) is 54.6 Å². The summed E-state index contributed by atoms with van der Waals surface area (Å²) in [5.74, 6) is 1.05. The molecule has 4 rings (SSSR count). The van der Waals surface area contributed by atoms with E-state index in [9.17, 15) is 0 Å². The van der Waals surface area contributed by atoms with Gasteiger partial charge in [0, 0.05) is 13.1 Å². The summed E-state index contributed by atoms with van der Waals surface area (Å²) in [4.78, 5) is 7.19. The van der Waals surface area contributed by atoms with Gasteiger partial charge in [-0.3, -0.25) is 0 Å². The summed E-state index contributed by atoms with van der Waals surface area (Å²) in [6.07, 6.45) is 0. The van der Waals surface area contributed by atoms with Crippen molar-refractivity contribution in [2.75, 3.05) is 31.2 Å². The Labute approximate surface area is 130 Å². The van der Waals surface area contributed by atoms with Gasteiger partial charge in [0.1, 0.15) is 0 Å². The highest BCUT2D eigenvalue weighted by atomic mass is 16.5. The molecule has 0 bridgehead atoms. The number of benzene rings is 2. The first-order valence-electron chi connectivity index (χ1n) is 7.74. The van der Waals surface area contributed by atoms with Gasteiger partial charge in [0.2, 0.25) is 5.95 Å². The molecule has 0 unspecified atom stereocenters. The number of hydrogen-bond donors (Lipinski definition) is 0. The topological polar surface area (TPSA) is 30.3 Å². The first kappa shape index (κ1) is 13.3. The Morgan fingerprint density at radius 2 is 1.64 bits per heavy atom. The monoisotopic (exact) mass is 293 g/mol. The van der Waals surface area contributed by atoms with Crippen molar-refractivity contribution in [3.05, 3.63) is 60.2 Å². The van der Waals surface area contributed by atoms with E-state index < -0.39 is 0 Å². The molecule has 1 saturated heterocycles. The second-order valence-electron chi connectivity index (χ2n) is 5.57. The third kappa shape index (κ3) is 2.46. The lowest BCUT2D eigenvalue weighted by Gasteiger charge is -2.28. The first-order chi connectivity index (χ1) is 10.9. The van der Waals surface area contributed by atoms with Crippen molar-refractivity contribution >= 4 is 17.0 Å². The van der Waals surface area contributed by atoms with Gasteiger partial charge in [-0.2, -0.15) is 0 Å². The van der Waals surface area contributed by atoms with Gasteiger partial charge >= 0.3 is 0 Å². The van der Waals surface area contributed by atoms with Crippen LogP contribution in [0.1, 0.15) is 5.56 Å². The lowest BCUT2D eigenvalue weighted by molar-refractivity contribution is 0.121. The molecule has 112 valence electrons. The molecule has 2 heterocycles. The molecule has 2 aromatic carbocycles. The number of para-hydroxylation sites is 2. The number of aromatic nitrogens is 2. The number of hydrogen-bond acceptors (Lipinski definition) is 3. The molecule has 22 heavy (non-hydrogen) atoms. The number of imidazole rings is 1. The number of rotatable bonds is 3. The predicted octanol–water partition coefficient (Wildman–Crippen LogP) is 2.92. The zero-order valence-electron chi connectivity index (χ0n) is 12.5. The van der Waals surface area contributed by atoms with E-state index in [2.05, 4.69) is 58.0 Å². The zero-order valence-corrected chi connectivity index (χ0v) is 12.5. The molecule has 1 aromatic heterocycles. The molecule has 0 spiro atoms. The van der Waals surface area contributed by atoms with Crippen molar-refractivity contribution in [3.8, 4) is 0 Å². The molecule has 0 radical (unpaired) electrons. The third-order valence-corrected chi connectivity index (χ3v) is 4.11. The quantitative estimate of drug-likeness (QED) is 0.744. The van der Waals surface area contributed by atoms with Crippen LogP contribution in [0.3, 0.4) is 0 Å². The second-order valence-corrected chi connectivity index (χ2v) is 5.57. The summed E-state index contributed by atoms with van der Waals surface area (Å²) in [6.45, 7) is 4.19. The largest absolute Gasteiger partial charge is 0.378 e. The molecular weight excluding hydrogens is 274 g/mol. The van der Waals surface area contributed by atoms with Gasteiger partial charge in [0.05, 0.1) is 30.8 Å². The van der Waals surface area contributed by atoms with Crippen LogP contribution in [-0.2, 0) is 11.3 Å². The summed E-state index contributed by atoms with van der Waals surface area (Å²) >= 11 is 0. The van der Waals surface area contributed by atoms with Crippen LogP contribution in [0, 0.1) is 0 Å². The van der Waals surface area contributed by atoms with Crippen LogP contribution in [0.5, 0.6) is 0 Å². The highest BCUT2D eigenvalue weighted by molar-refractivity contribution is 5.79. The van der Waals surface area contributed by atoms with Gasteiger partial charge in [-0.15, -0.1) is 0 Å². The van der Waals surface area contributed by atoms with Gasteiger partial charge < -0.3 is 14.2 Å². The van der Waals surface area contributed by atoms with Crippen LogP contribution in [0.2, 0.25) is 0 Å². The van der Waals surface area contributed by atoms with Gasteiger partial charge in [-0.25, -0.2) is 4.98 Å². The first-order valence-corrected chi connectivity index (χ1v) is 7.74. The van der Waals surface area contributed by atoms with E-state index in [-0.39, 0.29) is 0 Å². The maximum absolute atomic E-state index is 5.47. The molecule has 4 heteroatoms. The minimum Gasteiger partial charge on any atom is -0.378 e. The second kappa shape index (κ2) is 5.81. The van der Waals surface area contributed by atoms with Gasteiger partial charge in [0.25, 0.3) is 0 Å². The highest BCUT2D eigenvalue weighted by Crippen LogP contribution is 2.24. The molecule has 0 aliphatic carbocycles. The summed E-state index contributed by atoms with van der Waals surface area (Å²) in [5, 5.41) is 0. The predicted molar refractivity (Wildman–Crippen MR) is 88.3 cm³/mol. The van der Waals surface area contributed by atoms with Crippen LogP contribution in [0.25, 0.3) is 11.0 Å². The van der Waals surface area contributed by atoms with Crippen molar-refractivity contribution in [3.63, 3.8) is 0 Å². The maximum atomic E-state index is 5.47. The normalized spacial score (nSPS) is 15.4. The number of ether oxygens (including phenoxy) is 1. The number of morpholine rings is 1. The number of fused-ring (bicyclic) bond motifs is 1. The number of anilines is 1. The van der Waals surface area contributed by atoms with Crippen molar-refractivity contribution in [2.45, 2.75) is 6.54 Å². The fourth-order valence-electron chi connectivity index (χ4n) is 2.99. The molecule has 4 nitrogen and oxygen atoms in total. The Morgan fingerprint density at radius 1 is 0.909 bits per heavy atom. The summed E-state index contributed by atoms with van der Waals surface area (Å²) < 4.78 is 7.79. The fourth-order valence-corrected chi connectivity index (χ4v) is 2.99. The molecule has 0 atom stereocenters. The van der Waals surface area contributed by atoms with E-state index in [0.717, 1.165) is 44.3 Å². The molecule has 1 aliphatic rings. The molecule has 1 fully saturated rings. The highest BCUT2D eigenvalue weighted by Gasteiger charge is 2.19. The fraction of sp³-hybridized carbons (Fsp3) is 0.278. The Bertz CT molecular complexity index is 760. The summed E-state index contributed by atoms with van der Waals surface area (Å²) in [5.41, 5.74) is 3.54. The average molecular weight is 293 g/mol. The lowest BCUT2D eigenvalue weighted by Crippen LogP contribution is -2.38. The van der Waals surface area contributed by atoms with Gasteiger partial charge in [-0.05, 0) is 17.7 Å². The average Bonchev–Trinajstić information content (AvgIpc) is 2.95. The van der Waals surface area contributed by atoms with Crippen molar-refractivity contribution in [1.29, 1.82) is 0 Å². The Kier molecular flexibility index (Phi) is 3.52. The lowest BCUT2D eigenvalue weighted by atomic mass is 10.2. The third-order valence-electron chi connectivity index (χ3n) is 4.11. The van der Waals surface area contributed by atoms with Crippen molar-refractivity contribution < 1.29 is 4.74 Å².